The number of carbonyl (C=O) groups excluding carboxylic acids is 1. The van der Waals surface area contributed by atoms with Gasteiger partial charge in [0.15, 0.2) is 5.69 Å². The van der Waals surface area contributed by atoms with E-state index in [9.17, 15) is 4.79 Å². The molecule has 138 valence electrons. The van der Waals surface area contributed by atoms with Gasteiger partial charge in [-0.1, -0.05) is 47.9 Å². The van der Waals surface area contributed by atoms with Gasteiger partial charge >= 0.3 is 0 Å². The Bertz CT molecular complexity index is 772. The number of nitrogens with zero attached hydrogens (tertiary/aromatic N) is 3. The number of hydrogen-bond donors (Lipinski definition) is 2. The highest BCUT2D eigenvalue weighted by atomic mass is 16.2. The van der Waals surface area contributed by atoms with Crippen molar-refractivity contribution in [3.05, 3.63) is 47.3 Å². The van der Waals surface area contributed by atoms with E-state index in [4.69, 9.17) is 0 Å². The van der Waals surface area contributed by atoms with Crippen molar-refractivity contribution in [2.75, 3.05) is 13.1 Å². The molecule has 4 rings (SSSR count). The fourth-order valence-corrected chi connectivity index (χ4v) is 4.32. The molecule has 0 spiro atoms. The molecule has 1 saturated heterocycles. The number of piperidine rings is 1. The van der Waals surface area contributed by atoms with Gasteiger partial charge in [-0.15, -0.1) is 5.10 Å². The number of carbonyl (C=O) groups is 1. The highest BCUT2D eigenvalue weighted by Crippen LogP contribution is 2.39. The number of amides is 1. The molecule has 1 aromatic heterocycles. The standard InChI is InChI=1S/C20H27N5O/c1-15-5-4-6-16(13-15)20(9-2-3-10-20)22-19(26)18-14-25(24-23-18)17-7-11-21-12-8-17/h4-6,13-14,17,21H,2-3,7-12H2,1H3,(H,22,26). The summed E-state index contributed by atoms with van der Waals surface area (Å²) in [7, 11) is 0. The Balaban J connectivity index is 1.53. The van der Waals surface area contributed by atoms with Crippen molar-refractivity contribution < 1.29 is 4.79 Å². The highest BCUT2D eigenvalue weighted by Gasteiger charge is 2.37. The summed E-state index contributed by atoms with van der Waals surface area (Å²) in [4.78, 5) is 12.9. The molecule has 0 bridgehead atoms. The Hall–Kier alpha value is -2.21. The molecule has 2 heterocycles. The van der Waals surface area contributed by atoms with Crippen LogP contribution in [-0.4, -0.2) is 34.0 Å². The molecule has 26 heavy (non-hydrogen) atoms. The van der Waals surface area contributed by atoms with Crippen molar-refractivity contribution in [2.45, 2.75) is 57.0 Å². The van der Waals surface area contributed by atoms with Crippen LogP contribution in [0.4, 0.5) is 0 Å². The van der Waals surface area contributed by atoms with Crippen LogP contribution in [0.1, 0.15) is 66.2 Å². The minimum absolute atomic E-state index is 0.117. The first-order valence-electron chi connectivity index (χ1n) is 9.68. The monoisotopic (exact) mass is 353 g/mol. The van der Waals surface area contributed by atoms with Gasteiger partial charge in [0.1, 0.15) is 0 Å². The van der Waals surface area contributed by atoms with Crippen molar-refractivity contribution in [3.8, 4) is 0 Å². The van der Waals surface area contributed by atoms with Gasteiger partial charge in [-0.25, -0.2) is 4.68 Å². The average Bonchev–Trinajstić information content (AvgIpc) is 3.33. The fraction of sp³-hybridized carbons (Fsp3) is 0.550. The van der Waals surface area contributed by atoms with Gasteiger partial charge in [0, 0.05) is 0 Å². The zero-order valence-corrected chi connectivity index (χ0v) is 15.4. The van der Waals surface area contributed by atoms with Gasteiger partial charge in [0.2, 0.25) is 0 Å². The van der Waals surface area contributed by atoms with Crippen molar-refractivity contribution in [1.29, 1.82) is 0 Å². The van der Waals surface area contributed by atoms with Crippen molar-refractivity contribution in [1.82, 2.24) is 25.6 Å². The lowest BCUT2D eigenvalue weighted by Gasteiger charge is -2.31. The lowest BCUT2D eigenvalue weighted by atomic mass is 9.87. The highest BCUT2D eigenvalue weighted by molar-refractivity contribution is 5.92. The fourth-order valence-electron chi connectivity index (χ4n) is 4.32. The smallest absolute Gasteiger partial charge is 0.274 e. The average molecular weight is 353 g/mol. The Morgan fingerprint density at radius 2 is 2.04 bits per heavy atom. The third-order valence-corrected chi connectivity index (χ3v) is 5.81. The van der Waals surface area contributed by atoms with Gasteiger partial charge in [-0.05, 0) is 51.3 Å². The zero-order valence-electron chi connectivity index (χ0n) is 15.4. The van der Waals surface area contributed by atoms with E-state index < -0.39 is 0 Å². The summed E-state index contributed by atoms with van der Waals surface area (Å²) < 4.78 is 1.86. The van der Waals surface area contributed by atoms with E-state index in [0.717, 1.165) is 51.6 Å². The van der Waals surface area contributed by atoms with Crippen LogP contribution in [0.3, 0.4) is 0 Å². The van der Waals surface area contributed by atoms with Gasteiger partial charge in [0.25, 0.3) is 5.91 Å². The Morgan fingerprint density at radius 3 is 2.77 bits per heavy atom. The molecule has 6 nitrogen and oxygen atoms in total. The third kappa shape index (κ3) is 3.38. The topological polar surface area (TPSA) is 71.8 Å². The molecule has 6 heteroatoms. The van der Waals surface area contributed by atoms with Gasteiger partial charge in [-0.2, -0.15) is 0 Å². The van der Waals surface area contributed by atoms with Crippen LogP contribution >= 0.6 is 0 Å². The van der Waals surface area contributed by atoms with Crippen LogP contribution in [0.5, 0.6) is 0 Å². The van der Waals surface area contributed by atoms with Crippen LogP contribution < -0.4 is 10.6 Å². The van der Waals surface area contributed by atoms with Crippen molar-refractivity contribution in [3.63, 3.8) is 0 Å². The molecule has 1 aliphatic heterocycles. The molecule has 1 saturated carbocycles. The molecule has 1 aromatic carbocycles. The lowest BCUT2D eigenvalue weighted by Crippen LogP contribution is -2.44. The van der Waals surface area contributed by atoms with Gasteiger partial charge in [0.05, 0.1) is 17.8 Å². The second kappa shape index (κ2) is 7.19. The Labute approximate surface area is 154 Å². The molecular formula is C20H27N5O. The molecule has 2 aliphatic rings. The van der Waals surface area contributed by atoms with Crippen LogP contribution in [-0.2, 0) is 5.54 Å². The summed E-state index contributed by atoms with van der Waals surface area (Å²) in [6, 6.07) is 8.83. The molecular weight excluding hydrogens is 326 g/mol. The molecule has 1 aliphatic carbocycles. The summed E-state index contributed by atoms with van der Waals surface area (Å²) in [5.74, 6) is -0.117. The van der Waals surface area contributed by atoms with Crippen LogP contribution in [0.15, 0.2) is 30.5 Å². The SMILES string of the molecule is Cc1cccc(C2(NC(=O)c3cn(C4CCNCC4)nn3)CCCC2)c1. The molecule has 2 N–H and O–H groups in total. The Morgan fingerprint density at radius 1 is 1.27 bits per heavy atom. The second-order valence-electron chi connectivity index (χ2n) is 7.68. The molecule has 2 fully saturated rings. The molecule has 1 amide bonds. The first-order chi connectivity index (χ1) is 12.7. The lowest BCUT2D eigenvalue weighted by molar-refractivity contribution is 0.0893. The van der Waals surface area contributed by atoms with E-state index in [-0.39, 0.29) is 11.4 Å². The van der Waals surface area contributed by atoms with E-state index in [1.807, 2.05) is 10.9 Å². The normalized spacial score (nSPS) is 20.2. The number of aromatic nitrogens is 3. The minimum atomic E-state index is -0.276. The van der Waals surface area contributed by atoms with Crippen molar-refractivity contribution in [2.24, 2.45) is 0 Å². The number of hydrogen-bond acceptors (Lipinski definition) is 4. The van der Waals surface area contributed by atoms with E-state index >= 15 is 0 Å². The summed E-state index contributed by atoms with van der Waals surface area (Å²) in [5.41, 5.74) is 2.57. The number of nitrogens with one attached hydrogen (secondary N) is 2. The molecule has 0 radical (unpaired) electrons. The molecule has 2 aromatic rings. The predicted molar refractivity (Wildman–Crippen MR) is 100.0 cm³/mol. The number of aryl methyl sites for hydroxylation is 1. The first kappa shape index (κ1) is 17.2. The van der Waals surface area contributed by atoms with Crippen LogP contribution in [0.25, 0.3) is 0 Å². The van der Waals surface area contributed by atoms with E-state index in [1.165, 1.54) is 11.1 Å². The van der Waals surface area contributed by atoms with Gasteiger partial charge in [-0.3, -0.25) is 4.79 Å². The minimum Gasteiger partial charge on any atom is -0.341 e. The molecule has 0 atom stereocenters. The maximum atomic E-state index is 12.9. The zero-order chi connectivity index (χ0) is 18.0. The summed E-state index contributed by atoms with van der Waals surface area (Å²) in [6.45, 7) is 4.07. The first-order valence-corrected chi connectivity index (χ1v) is 9.68. The maximum absolute atomic E-state index is 12.9. The molecule has 0 unspecified atom stereocenters. The second-order valence-corrected chi connectivity index (χ2v) is 7.68. The van der Waals surface area contributed by atoms with E-state index in [1.54, 1.807) is 0 Å². The summed E-state index contributed by atoms with van der Waals surface area (Å²) >= 11 is 0. The Kier molecular flexibility index (Phi) is 4.76. The summed E-state index contributed by atoms with van der Waals surface area (Å²) in [6.07, 6.45) is 8.08. The maximum Gasteiger partial charge on any atom is 0.274 e. The number of benzene rings is 1. The van der Waals surface area contributed by atoms with Crippen LogP contribution in [0.2, 0.25) is 0 Å². The van der Waals surface area contributed by atoms with E-state index in [0.29, 0.717) is 11.7 Å². The number of rotatable bonds is 4. The quantitative estimate of drug-likeness (QED) is 0.886. The summed E-state index contributed by atoms with van der Waals surface area (Å²) in [5, 5.41) is 15.0. The van der Waals surface area contributed by atoms with E-state index in [2.05, 4.69) is 52.1 Å². The van der Waals surface area contributed by atoms with Crippen LogP contribution in [0, 0.1) is 6.92 Å². The predicted octanol–water partition coefficient (Wildman–Crippen LogP) is 2.71. The van der Waals surface area contributed by atoms with Gasteiger partial charge < -0.3 is 10.6 Å². The van der Waals surface area contributed by atoms with Crippen molar-refractivity contribution >= 4 is 5.91 Å². The largest absolute Gasteiger partial charge is 0.341 e. The third-order valence-electron chi connectivity index (χ3n) is 5.81.